The number of nitrogens with zero attached hydrogens (tertiary/aromatic N) is 1. The van der Waals surface area contributed by atoms with Crippen LogP contribution in [-0.2, 0) is 11.3 Å². The van der Waals surface area contributed by atoms with Crippen molar-refractivity contribution in [2.24, 2.45) is 4.99 Å². The molecule has 0 unspecified atom stereocenters. The molecule has 0 saturated carbocycles. The van der Waals surface area contributed by atoms with Crippen molar-refractivity contribution in [3.05, 3.63) is 34.6 Å². The van der Waals surface area contributed by atoms with Crippen molar-refractivity contribution in [1.82, 2.24) is 0 Å². The van der Waals surface area contributed by atoms with E-state index in [9.17, 15) is 9.18 Å². The second-order valence-electron chi connectivity index (χ2n) is 2.96. The predicted octanol–water partition coefficient (Wildman–Crippen LogP) is 2.28. The molecule has 0 radical (unpaired) electrons. The molecule has 0 bridgehead atoms. The smallest absolute Gasteiger partial charge is 0.211 e. The first kappa shape index (κ1) is 9.62. The molecule has 0 aliphatic carbocycles. The van der Waals surface area contributed by atoms with Crippen molar-refractivity contribution in [2.75, 3.05) is 0 Å². The van der Waals surface area contributed by atoms with E-state index in [0.29, 0.717) is 11.1 Å². The second kappa shape index (κ2) is 3.97. The van der Waals surface area contributed by atoms with Gasteiger partial charge in [-0.1, -0.05) is 17.7 Å². The van der Waals surface area contributed by atoms with Crippen LogP contribution in [0.1, 0.15) is 16.7 Å². The fourth-order valence-electron chi connectivity index (χ4n) is 1.27. The van der Waals surface area contributed by atoms with Crippen molar-refractivity contribution in [1.29, 1.82) is 0 Å². The van der Waals surface area contributed by atoms with Crippen LogP contribution in [0.2, 0.25) is 0 Å². The summed E-state index contributed by atoms with van der Waals surface area (Å²) in [6.07, 6.45) is 1.39. The largest absolute Gasteiger partial charge is 0.235 e. The lowest BCUT2D eigenvalue weighted by atomic mass is 10.1. The molecule has 0 saturated heterocycles. The zero-order chi connectivity index (χ0) is 9.84. The zero-order valence-electron chi connectivity index (χ0n) is 7.60. The summed E-state index contributed by atoms with van der Waals surface area (Å²) in [7, 11) is 0. The SMILES string of the molecule is Cc1cc(C)c(F)c(CN=C=O)c1. The monoisotopic (exact) mass is 179 g/mol. The Morgan fingerprint density at radius 2 is 2.15 bits per heavy atom. The highest BCUT2D eigenvalue weighted by Crippen LogP contribution is 2.15. The van der Waals surface area contributed by atoms with Crippen LogP contribution in [0.15, 0.2) is 17.1 Å². The Kier molecular flexibility index (Phi) is 2.93. The minimum Gasteiger partial charge on any atom is -0.211 e. The summed E-state index contributed by atoms with van der Waals surface area (Å²) in [6.45, 7) is 3.63. The molecule has 0 aliphatic rings. The summed E-state index contributed by atoms with van der Waals surface area (Å²) >= 11 is 0. The van der Waals surface area contributed by atoms with E-state index in [-0.39, 0.29) is 12.4 Å². The minimum absolute atomic E-state index is 0.0673. The van der Waals surface area contributed by atoms with Crippen LogP contribution in [0.4, 0.5) is 4.39 Å². The van der Waals surface area contributed by atoms with Gasteiger partial charge in [0.1, 0.15) is 5.82 Å². The van der Waals surface area contributed by atoms with E-state index in [1.807, 2.05) is 6.92 Å². The van der Waals surface area contributed by atoms with Crippen LogP contribution in [0.25, 0.3) is 0 Å². The molecule has 13 heavy (non-hydrogen) atoms. The molecule has 3 heteroatoms. The lowest BCUT2D eigenvalue weighted by Gasteiger charge is -2.03. The number of aliphatic imine (C=N–C) groups is 1. The van der Waals surface area contributed by atoms with Gasteiger partial charge in [0.15, 0.2) is 0 Å². The van der Waals surface area contributed by atoms with Crippen LogP contribution in [-0.4, -0.2) is 6.08 Å². The van der Waals surface area contributed by atoms with E-state index in [1.54, 1.807) is 19.1 Å². The molecule has 0 aliphatic heterocycles. The molecule has 0 aromatic heterocycles. The topological polar surface area (TPSA) is 29.4 Å². The van der Waals surface area contributed by atoms with Gasteiger partial charge in [-0.15, -0.1) is 0 Å². The van der Waals surface area contributed by atoms with E-state index in [1.165, 1.54) is 6.08 Å². The molecule has 1 rings (SSSR count). The Bertz CT molecular complexity index is 367. The van der Waals surface area contributed by atoms with E-state index >= 15 is 0 Å². The van der Waals surface area contributed by atoms with Gasteiger partial charge in [0.25, 0.3) is 0 Å². The lowest BCUT2D eigenvalue weighted by molar-refractivity contribution is 0.561. The maximum atomic E-state index is 13.3. The van der Waals surface area contributed by atoms with Gasteiger partial charge in [0.2, 0.25) is 6.08 Å². The quantitative estimate of drug-likeness (QED) is 0.506. The third kappa shape index (κ3) is 2.23. The van der Waals surface area contributed by atoms with Crippen molar-refractivity contribution < 1.29 is 9.18 Å². The van der Waals surface area contributed by atoms with E-state index in [2.05, 4.69) is 4.99 Å². The van der Waals surface area contributed by atoms with Crippen molar-refractivity contribution in [2.45, 2.75) is 20.4 Å². The Morgan fingerprint density at radius 1 is 1.46 bits per heavy atom. The van der Waals surface area contributed by atoms with Crippen molar-refractivity contribution in [3.8, 4) is 0 Å². The number of benzene rings is 1. The van der Waals surface area contributed by atoms with Gasteiger partial charge < -0.3 is 0 Å². The molecule has 0 atom stereocenters. The average molecular weight is 179 g/mol. The summed E-state index contributed by atoms with van der Waals surface area (Å²) in [6, 6.07) is 3.44. The molecular formula is C10H10FNO. The third-order valence-electron chi connectivity index (χ3n) is 1.79. The number of carbonyl (C=O) groups excluding carboxylic acids is 1. The molecule has 0 spiro atoms. The maximum absolute atomic E-state index is 13.3. The fraction of sp³-hybridized carbons (Fsp3) is 0.300. The highest BCUT2D eigenvalue weighted by molar-refractivity contribution is 5.35. The molecule has 0 heterocycles. The molecule has 1 aromatic carbocycles. The first-order chi connectivity index (χ1) is 6.15. The van der Waals surface area contributed by atoms with Crippen LogP contribution in [0.5, 0.6) is 0 Å². The van der Waals surface area contributed by atoms with Gasteiger partial charge in [0.05, 0.1) is 6.54 Å². The molecular weight excluding hydrogens is 169 g/mol. The van der Waals surface area contributed by atoms with Crippen LogP contribution < -0.4 is 0 Å². The maximum Gasteiger partial charge on any atom is 0.235 e. The molecule has 0 fully saturated rings. The average Bonchev–Trinajstić information content (AvgIpc) is 2.09. The first-order valence-electron chi connectivity index (χ1n) is 3.94. The second-order valence-corrected chi connectivity index (χ2v) is 2.96. The van der Waals surface area contributed by atoms with E-state index < -0.39 is 0 Å². The van der Waals surface area contributed by atoms with Gasteiger partial charge >= 0.3 is 0 Å². The molecule has 2 nitrogen and oxygen atoms in total. The Balaban J connectivity index is 3.12. The zero-order valence-corrected chi connectivity index (χ0v) is 7.60. The Labute approximate surface area is 76.1 Å². The predicted molar refractivity (Wildman–Crippen MR) is 47.7 cm³/mol. The van der Waals surface area contributed by atoms with Crippen molar-refractivity contribution in [3.63, 3.8) is 0 Å². The lowest BCUT2D eigenvalue weighted by Crippen LogP contribution is -1.93. The summed E-state index contributed by atoms with van der Waals surface area (Å²) in [5, 5.41) is 0. The van der Waals surface area contributed by atoms with Gasteiger partial charge in [-0.3, -0.25) is 0 Å². The fourth-order valence-corrected chi connectivity index (χ4v) is 1.27. The van der Waals surface area contributed by atoms with Crippen molar-refractivity contribution >= 4 is 6.08 Å². The van der Waals surface area contributed by atoms with Gasteiger partial charge in [-0.2, -0.15) is 0 Å². The van der Waals surface area contributed by atoms with Gasteiger partial charge in [-0.05, 0) is 19.4 Å². The third-order valence-corrected chi connectivity index (χ3v) is 1.79. The van der Waals surface area contributed by atoms with E-state index in [0.717, 1.165) is 5.56 Å². The van der Waals surface area contributed by atoms with Gasteiger partial charge in [0, 0.05) is 5.56 Å². The van der Waals surface area contributed by atoms with Gasteiger partial charge in [-0.25, -0.2) is 14.2 Å². The standard InChI is InChI=1S/C10H10FNO/c1-7-3-8(2)10(11)9(4-7)5-12-6-13/h3-4H,5H2,1-2H3. The van der Waals surface area contributed by atoms with E-state index in [4.69, 9.17) is 0 Å². The highest BCUT2D eigenvalue weighted by Gasteiger charge is 2.05. The molecule has 0 N–H and O–H groups in total. The molecule has 0 amide bonds. The first-order valence-corrected chi connectivity index (χ1v) is 3.94. The van der Waals surface area contributed by atoms with Crippen LogP contribution in [0.3, 0.4) is 0 Å². The summed E-state index contributed by atoms with van der Waals surface area (Å²) in [5.74, 6) is -0.287. The Hall–Kier alpha value is -1.47. The molecule has 68 valence electrons. The number of halogens is 1. The van der Waals surface area contributed by atoms with Crippen LogP contribution >= 0.6 is 0 Å². The number of hydrogen-bond acceptors (Lipinski definition) is 2. The highest BCUT2D eigenvalue weighted by atomic mass is 19.1. The van der Waals surface area contributed by atoms with Crippen LogP contribution in [0, 0.1) is 19.7 Å². The number of aryl methyl sites for hydroxylation is 2. The molecule has 1 aromatic rings. The summed E-state index contributed by atoms with van der Waals surface area (Å²) in [4.78, 5) is 13.2. The summed E-state index contributed by atoms with van der Waals surface area (Å²) < 4.78 is 13.3. The number of hydrogen-bond donors (Lipinski definition) is 0. The number of rotatable bonds is 2. The minimum atomic E-state index is -0.287. The summed E-state index contributed by atoms with van der Waals surface area (Å²) in [5.41, 5.74) is 1.99. The normalized spacial score (nSPS) is 9.46. The Morgan fingerprint density at radius 3 is 2.77 bits per heavy atom. The number of isocyanates is 1.